The van der Waals surface area contributed by atoms with Gasteiger partial charge < -0.3 is 10.2 Å². The number of hydrogen-bond donors (Lipinski definition) is 1. The Morgan fingerprint density at radius 2 is 1.90 bits per heavy atom. The molecule has 114 valence electrons. The Kier molecular flexibility index (Phi) is 4.34. The van der Waals surface area contributed by atoms with Crippen LogP contribution in [0.3, 0.4) is 0 Å². The van der Waals surface area contributed by atoms with Crippen LogP contribution >= 0.6 is 0 Å². The summed E-state index contributed by atoms with van der Waals surface area (Å²) in [5, 5.41) is 3.41. The molecule has 1 aliphatic heterocycles. The van der Waals surface area contributed by atoms with Gasteiger partial charge in [0, 0.05) is 19.5 Å². The van der Waals surface area contributed by atoms with Gasteiger partial charge in [-0.2, -0.15) is 0 Å². The largest absolute Gasteiger partial charge is 0.345 e. The van der Waals surface area contributed by atoms with Crippen molar-refractivity contribution >= 4 is 5.91 Å². The average Bonchev–Trinajstić information content (AvgIpc) is 3.19. The van der Waals surface area contributed by atoms with Gasteiger partial charge in [0.2, 0.25) is 5.91 Å². The molecule has 1 amide bonds. The van der Waals surface area contributed by atoms with Crippen molar-refractivity contribution in [3.63, 3.8) is 0 Å². The number of carbonyl (C=O) groups is 1. The van der Waals surface area contributed by atoms with Crippen LogP contribution in [0.1, 0.15) is 57.8 Å². The lowest BCUT2D eigenvalue weighted by Gasteiger charge is -2.27. The number of amides is 1. The van der Waals surface area contributed by atoms with Crippen molar-refractivity contribution in [2.75, 3.05) is 26.7 Å². The molecule has 20 heavy (non-hydrogen) atoms. The van der Waals surface area contributed by atoms with Crippen LogP contribution in [0.2, 0.25) is 0 Å². The predicted octanol–water partition coefficient (Wildman–Crippen LogP) is 2.80. The van der Waals surface area contributed by atoms with Gasteiger partial charge in [0.25, 0.3) is 0 Å². The molecular formula is C17H30N2O. The molecule has 3 fully saturated rings. The SMILES string of the molecule is CN(CCC1CCCCC1)C(=O)C1CC12CCNCC2. The third-order valence-electron chi connectivity index (χ3n) is 6.06. The molecule has 3 heteroatoms. The van der Waals surface area contributed by atoms with E-state index in [4.69, 9.17) is 0 Å². The zero-order valence-electron chi connectivity index (χ0n) is 13.0. The fraction of sp³-hybridized carbons (Fsp3) is 0.941. The van der Waals surface area contributed by atoms with Gasteiger partial charge in [-0.1, -0.05) is 32.1 Å². The van der Waals surface area contributed by atoms with Crippen molar-refractivity contribution in [2.45, 2.75) is 57.8 Å². The number of nitrogens with one attached hydrogen (secondary N) is 1. The minimum atomic E-state index is 0.348. The highest BCUT2D eigenvalue weighted by molar-refractivity contribution is 5.82. The van der Waals surface area contributed by atoms with Gasteiger partial charge in [0.15, 0.2) is 0 Å². The van der Waals surface area contributed by atoms with Crippen molar-refractivity contribution in [2.24, 2.45) is 17.3 Å². The van der Waals surface area contributed by atoms with Gasteiger partial charge in [-0.3, -0.25) is 4.79 Å². The van der Waals surface area contributed by atoms with Gasteiger partial charge >= 0.3 is 0 Å². The quantitative estimate of drug-likeness (QED) is 0.857. The highest BCUT2D eigenvalue weighted by Crippen LogP contribution is 2.59. The van der Waals surface area contributed by atoms with E-state index in [0.29, 0.717) is 17.2 Å². The molecule has 0 radical (unpaired) electrons. The smallest absolute Gasteiger partial charge is 0.226 e. The van der Waals surface area contributed by atoms with Gasteiger partial charge in [-0.05, 0) is 50.1 Å². The first kappa shape index (κ1) is 14.4. The van der Waals surface area contributed by atoms with Gasteiger partial charge in [0.1, 0.15) is 0 Å². The first-order valence-electron chi connectivity index (χ1n) is 8.67. The van der Waals surface area contributed by atoms with Crippen LogP contribution in [0, 0.1) is 17.3 Å². The fourth-order valence-electron chi connectivity index (χ4n) is 4.40. The lowest BCUT2D eigenvalue weighted by Crippen LogP contribution is -2.35. The average molecular weight is 278 g/mol. The van der Waals surface area contributed by atoms with Gasteiger partial charge in [-0.15, -0.1) is 0 Å². The van der Waals surface area contributed by atoms with Crippen LogP contribution in [0.4, 0.5) is 0 Å². The molecule has 2 saturated carbocycles. The van der Waals surface area contributed by atoms with Crippen molar-refractivity contribution in [1.29, 1.82) is 0 Å². The van der Waals surface area contributed by atoms with Crippen LogP contribution in [0.25, 0.3) is 0 Å². The molecule has 1 heterocycles. The molecule has 1 atom stereocenters. The van der Waals surface area contributed by atoms with Crippen molar-refractivity contribution in [3.05, 3.63) is 0 Å². The summed E-state index contributed by atoms with van der Waals surface area (Å²) < 4.78 is 0. The summed E-state index contributed by atoms with van der Waals surface area (Å²) in [6.07, 6.45) is 11.8. The Bertz CT molecular complexity index is 343. The van der Waals surface area contributed by atoms with E-state index >= 15 is 0 Å². The Balaban J connectivity index is 1.43. The summed E-state index contributed by atoms with van der Waals surface area (Å²) in [4.78, 5) is 14.6. The second-order valence-corrected chi connectivity index (χ2v) is 7.42. The molecule has 1 unspecified atom stereocenters. The molecule has 0 bridgehead atoms. The Morgan fingerprint density at radius 1 is 1.20 bits per heavy atom. The van der Waals surface area contributed by atoms with Crippen LogP contribution in [0.15, 0.2) is 0 Å². The number of rotatable bonds is 4. The molecule has 1 spiro atoms. The predicted molar refractivity (Wildman–Crippen MR) is 81.5 cm³/mol. The first-order valence-corrected chi connectivity index (χ1v) is 8.67. The molecule has 3 rings (SSSR count). The van der Waals surface area contributed by atoms with Crippen molar-refractivity contribution in [1.82, 2.24) is 10.2 Å². The van der Waals surface area contributed by atoms with E-state index in [1.807, 2.05) is 11.9 Å². The molecule has 0 aromatic rings. The van der Waals surface area contributed by atoms with Crippen LogP contribution in [-0.2, 0) is 4.79 Å². The standard InChI is InChI=1S/C17H30N2O/c1-19(12-7-14-5-3-2-4-6-14)16(20)15-13-17(15)8-10-18-11-9-17/h14-15,18H,2-13H2,1H3. The normalized spacial score (nSPS) is 29.4. The lowest BCUT2D eigenvalue weighted by atomic mass is 9.87. The molecule has 1 N–H and O–H groups in total. The zero-order chi connectivity index (χ0) is 14.0. The minimum Gasteiger partial charge on any atom is -0.345 e. The van der Waals surface area contributed by atoms with Crippen LogP contribution < -0.4 is 5.32 Å². The van der Waals surface area contributed by atoms with E-state index in [2.05, 4.69) is 5.32 Å². The maximum Gasteiger partial charge on any atom is 0.226 e. The summed E-state index contributed by atoms with van der Waals surface area (Å²) in [6, 6.07) is 0. The molecule has 2 aliphatic carbocycles. The molecule has 0 aromatic heterocycles. The van der Waals surface area contributed by atoms with Crippen molar-refractivity contribution < 1.29 is 4.79 Å². The van der Waals surface area contributed by atoms with Crippen LogP contribution in [-0.4, -0.2) is 37.5 Å². The number of nitrogens with zero attached hydrogens (tertiary/aromatic N) is 1. The third-order valence-corrected chi connectivity index (χ3v) is 6.06. The van der Waals surface area contributed by atoms with E-state index in [-0.39, 0.29) is 0 Å². The lowest BCUT2D eigenvalue weighted by molar-refractivity contribution is -0.132. The van der Waals surface area contributed by atoms with E-state index in [1.54, 1.807) is 0 Å². The summed E-state index contributed by atoms with van der Waals surface area (Å²) in [5.74, 6) is 1.66. The van der Waals surface area contributed by atoms with Crippen LogP contribution in [0.5, 0.6) is 0 Å². The van der Waals surface area contributed by atoms with E-state index in [0.717, 1.165) is 32.0 Å². The Morgan fingerprint density at radius 3 is 2.60 bits per heavy atom. The molecular weight excluding hydrogens is 248 g/mol. The molecule has 3 aliphatic rings. The monoisotopic (exact) mass is 278 g/mol. The number of hydrogen-bond acceptors (Lipinski definition) is 2. The van der Waals surface area contributed by atoms with E-state index in [1.165, 1.54) is 51.4 Å². The Labute approximate surface area is 123 Å². The number of carbonyl (C=O) groups excluding carboxylic acids is 1. The number of piperidine rings is 1. The van der Waals surface area contributed by atoms with Gasteiger partial charge in [-0.25, -0.2) is 0 Å². The summed E-state index contributed by atoms with van der Waals surface area (Å²) in [6.45, 7) is 3.19. The Hall–Kier alpha value is -0.570. The summed E-state index contributed by atoms with van der Waals surface area (Å²) >= 11 is 0. The first-order chi connectivity index (χ1) is 9.71. The molecule has 1 saturated heterocycles. The summed E-state index contributed by atoms with van der Waals surface area (Å²) in [7, 11) is 2.03. The zero-order valence-corrected chi connectivity index (χ0v) is 13.0. The maximum atomic E-state index is 12.6. The maximum absolute atomic E-state index is 12.6. The molecule has 3 nitrogen and oxygen atoms in total. The fourth-order valence-corrected chi connectivity index (χ4v) is 4.40. The molecule has 0 aromatic carbocycles. The topological polar surface area (TPSA) is 32.3 Å². The third kappa shape index (κ3) is 3.03. The van der Waals surface area contributed by atoms with Gasteiger partial charge in [0.05, 0.1) is 0 Å². The van der Waals surface area contributed by atoms with Crippen molar-refractivity contribution in [3.8, 4) is 0 Å². The highest BCUT2D eigenvalue weighted by Gasteiger charge is 2.58. The van der Waals surface area contributed by atoms with E-state index in [9.17, 15) is 4.79 Å². The highest BCUT2D eigenvalue weighted by atomic mass is 16.2. The van der Waals surface area contributed by atoms with E-state index < -0.39 is 0 Å². The second kappa shape index (κ2) is 6.05. The second-order valence-electron chi connectivity index (χ2n) is 7.42. The summed E-state index contributed by atoms with van der Waals surface area (Å²) in [5.41, 5.74) is 0.390. The minimum absolute atomic E-state index is 0.348.